The normalized spacial score (nSPS) is 10.4. The van der Waals surface area contributed by atoms with E-state index in [4.69, 9.17) is 9.47 Å². The van der Waals surface area contributed by atoms with Gasteiger partial charge in [0, 0.05) is 12.7 Å². The number of nitrogens with zero attached hydrogens (tertiary/aromatic N) is 2. The third kappa shape index (κ3) is 4.72. The predicted molar refractivity (Wildman–Crippen MR) is 81.4 cm³/mol. The Bertz CT molecular complexity index is 543. The van der Waals surface area contributed by atoms with Gasteiger partial charge < -0.3 is 14.8 Å². The van der Waals surface area contributed by atoms with E-state index in [1.165, 1.54) is 0 Å². The van der Waals surface area contributed by atoms with Crippen LogP contribution in [0.25, 0.3) is 0 Å². The molecule has 0 amide bonds. The van der Waals surface area contributed by atoms with Crippen molar-refractivity contribution in [2.24, 2.45) is 0 Å². The largest absolute Gasteiger partial charge is 0.487 e. The van der Waals surface area contributed by atoms with Gasteiger partial charge in [-0.05, 0) is 37.2 Å². The molecule has 1 N–H and O–H groups in total. The van der Waals surface area contributed by atoms with Crippen LogP contribution in [-0.2, 0) is 13.2 Å². The van der Waals surface area contributed by atoms with Crippen LogP contribution in [0.5, 0.6) is 11.6 Å². The van der Waals surface area contributed by atoms with Gasteiger partial charge in [-0.1, -0.05) is 6.92 Å². The minimum atomic E-state index is 0.409. The maximum Gasteiger partial charge on any atom is 0.219 e. The van der Waals surface area contributed by atoms with Crippen molar-refractivity contribution in [3.8, 4) is 11.6 Å². The van der Waals surface area contributed by atoms with Crippen molar-refractivity contribution < 1.29 is 9.47 Å². The highest BCUT2D eigenvalue weighted by atomic mass is 16.5. The molecule has 0 unspecified atom stereocenters. The average molecular weight is 287 g/mol. The number of pyridine rings is 2. The fraction of sp³-hybridized carbons (Fsp3) is 0.375. The third-order valence-corrected chi connectivity index (χ3v) is 2.97. The third-order valence-electron chi connectivity index (χ3n) is 2.97. The van der Waals surface area contributed by atoms with Gasteiger partial charge in [0.25, 0.3) is 0 Å². The van der Waals surface area contributed by atoms with Crippen LogP contribution in [0.3, 0.4) is 0 Å². The van der Waals surface area contributed by atoms with Gasteiger partial charge >= 0.3 is 0 Å². The molecule has 2 aromatic heterocycles. The second-order valence-electron chi connectivity index (χ2n) is 4.62. The highest BCUT2D eigenvalue weighted by molar-refractivity contribution is 5.26. The summed E-state index contributed by atoms with van der Waals surface area (Å²) in [5, 5.41) is 3.32. The van der Waals surface area contributed by atoms with Crippen molar-refractivity contribution in [3.05, 3.63) is 47.9 Å². The molecule has 0 radical (unpaired) electrons. The zero-order chi connectivity index (χ0) is 14.9. The van der Waals surface area contributed by atoms with Crippen LogP contribution in [0.4, 0.5) is 0 Å². The Morgan fingerprint density at radius 2 is 2.10 bits per heavy atom. The Kier molecular flexibility index (Phi) is 5.97. The number of hydrogen-bond donors (Lipinski definition) is 1. The maximum absolute atomic E-state index is 5.71. The molecule has 5 nitrogen and oxygen atoms in total. The fourth-order valence-corrected chi connectivity index (χ4v) is 1.87. The smallest absolute Gasteiger partial charge is 0.219 e. The molecule has 2 rings (SSSR count). The predicted octanol–water partition coefficient (Wildman–Crippen LogP) is 2.56. The molecule has 5 heteroatoms. The van der Waals surface area contributed by atoms with Crippen molar-refractivity contribution >= 4 is 0 Å². The number of rotatable bonds is 8. The van der Waals surface area contributed by atoms with Crippen LogP contribution in [0.2, 0.25) is 0 Å². The van der Waals surface area contributed by atoms with Gasteiger partial charge in [-0.25, -0.2) is 4.98 Å². The molecule has 0 saturated heterocycles. The minimum Gasteiger partial charge on any atom is -0.487 e. The maximum atomic E-state index is 5.71. The van der Waals surface area contributed by atoms with E-state index in [9.17, 15) is 0 Å². The van der Waals surface area contributed by atoms with Crippen LogP contribution < -0.4 is 14.8 Å². The Balaban J connectivity index is 1.88. The molecule has 112 valence electrons. The summed E-state index contributed by atoms with van der Waals surface area (Å²) in [6.07, 6.45) is 4.56. The Hall–Kier alpha value is -2.14. The van der Waals surface area contributed by atoms with E-state index in [1.807, 2.05) is 24.3 Å². The first-order chi connectivity index (χ1) is 10.3. The molecule has 0 atom stereocenters. The van der Waals surface area contributed by atoms with E-state index in [-0.39, 0.29) is 0 Å². The Labute approximate surface area is 125 Å². The molecule has 0 spiro atoms. The number of nitrogens with one attached hydrogen (secondary N) is 1. The van der Waals surface area contributed by atoms with Crippen molar-refractivity contribution in [2.45, 2.75) is 26.5 Å². The number of methoxy groups -OCH3 is 1. The fourth-order valence-electron chi connectivity index (χ4n) is 1.87. The van der Waals surface area contributed by atoms with E-state index < -0.39 is 0 Å². The lowest BCUT2D eigenvalue weighted by Crippen LogP contribution is -2.14. The van der Waals surface area contributed by atoms with Crippen molar-refractivity contribution in [1.82, 2.24) is 15.3 Å². The molecule has 0 aliphatic carbocycles. The zero-order valence-corrected chi connectivity index (χ0v) is 12.5. The molecule has 2 aromatic rings. The minimum absolute atomic E-state index is 0.409. The quantitative estimate of drug-likeness (QED) is 0.756. The van der Waals surface area contributed by atoms with Gasteiger partial charge in [0.15, 0.2) is 0 Å². The molecular weight excluding hydrogens is 266 g/mol. The summed E-state index contributed by atoms with van der Waals surface area (Å²) in [6, 6.07) is 7.70. The lowest BCUT2D eigenvalue weighted by Gasteiger charge is -2.09. The Morgan fingerprint density at radius 1 is 1.19 bits per heavy atom. The molecule has 0 aliphatic rings. The molecule has 0 bridgehead atoms. The van der Waals surface area contributed by atoms with Gasteiger partial charge in [-0.2, -0.15) is 0 Å². The Morgan fingerprint density at radius 3 is 2.81 bits per heavy atom. The van der Waals surface area contributed by atoms with Gasteiger partial charge in [-0.3, -0.25) is 4.98 Å². The zero-order valence-electron chi connectivity index (χ0n) is 12.5. The average Bonchev–Trinajstić information content (AvgIpc) is 2.54. The van der Waals surface area contributed by atoms with Gasteiger partial charge in [0.2, 0.25) is 5.88 Å². The molecule has 0 aliphatic heterocycles. The van der Waals surface area contributed by atoms with Crippen LogP contribution in [0.15, 0.2) is 36.7 Å². The van der Waals surface area contributed by atoms with Gasteiger partial charge in [0.05, 0.1) is 24.6 Å². The molecule has 21 heavy (non-hydrogen) atoms. The summed E-state index contributed by atoms with van der Waals surface area (Å²) >= 11 is 0. The van der Waals surface area contributed by atoms with E-state index in [0.717, 1.165) is 36.5 Å². The standard InChI is InChI=1S/C16H21N3O2/c1-3-8-17-10-14-6-7-15(11-19-14)21-12-13-5-4-9-18-16(13)20-2/h4-7,9,11,17H,3,8,10,12H2,1-2H3. The summed E-state index contributed by atoms with van der Waals surface area (Å²) in [4.78, 5) is 8.51. The number of aromatic nitrogens is 2. The monoisotopic (exact) mass is 287 g/mol. The highest BCUT2D eigenvalue weighted by Gasteiger charge is 2.04. The van der Waals surface area contributed by atoms with Gasteiger partial charge in [-0.15, -0.1) is 0 Å². The van der Waals surface area contributed by atoms with E-state index >= 15 is 0 Å². The summed E-state index contributed by atoms with van der Waals surface area (Å²) in [5.74, 6) is 1.32. The molecule has 0 saturated carbocycles. The van der Waals surface area contributed by atoms with Crippen molar-refractivity contribution in [3.63, 3.8) is 0 Å². The molecule has 2 heterocycles. The first-order valence-electron chi connectivity index (χ1n) is 7.09. The second-order valence-corrected chi connectivity index (χ2v) is 4.62. The van der Waals surface area contributed by atoms with Crippen molar-refractivity contribution in [1.29, 1.82) is 0 Å². The van der Waals surface area contributed by atoms with Crippen LogP contribution in [0.1, 0.15) is 24.6 Å². The van der Waals surface area contributed by atoms with Crippen molar-refractivity contribution in [2.75, 3.05) is 13.7 Å². The van der Waals surface area contributed by atoms with Gasteiger partial charge in [0.1, 0.15) is 12.4 Å². The lowest BCUT2D eigenvalue weighted by atomic mass is 10.3. The second kappa shape index (κ2) is 8.21. The van der Waals surface area contributed by atoms with E-state index in [2.05, 4.69) is 22.2 Å². The lowest BCUT2D eigenvalue weighted by molar-refractivity contribution is 0.292. The summed E-state index contributed by atoms with van der Waals surface area (Å²) in [5.41, 5.74) is 1.92. The van der Waals surface area contributed by atoms with Crippen LogP contribution in [-0.4, -0.2) is 23.6 Å². The summed E-state index contributed by atoms with van der Waals surface area (Å²) in [6.45, 7) is 4.33. The van der Waals surface area contributed by atoms with E-state index in [0.29, 0.717) is 12.5 Å². The molecular formula is C16H21N3O2. The molecule has 0 aromatic carbocycles. The molecule has 0 fully saturated rings. The summed E-state index contributed by atoms with van der Waals surface area (Å²) in [7, 11) is 1.60. The van der Waals surface area contributed by atoms with E-state index in [1.54, 1.807) is 19.5 Å². The topological polar surface area (TPSA) is 56.3 Å². The first-order valence-corrected chi connectivity index (χ1v) is 7.09. The van der Waals surface area contributed by atoms with Crippen LogP contribution >= 0.6 is 0 Å². The SMILES string of the molecule is CCCNCc1ccc(OCc2cccnc2OC)cn1. The number of hydrogen-bond acceptors (Lipinski definition) is 5. The van der Waals surface area contributed by atoms with Crippen LogP contribution in [0, 0.1) is 0 Å². The first kappa shape index (κ1) is 15.3. The highest BCUT2D eigenvalue weighted by Crippen LogP contribution is 2.17. The summed E-state index contributed by atoms with van der Waals surface area (Å²) < 4.78 is 10.9. The number of ether oxygens (including phenoxy) is 2.